The van der Waals surface area contributed by atoms with Crippen LogP contribution in [0.2, 0.25) is 0 Å². The van der Waals surface area contributed by atoms with Gasteiger partial charge in [-0.15, -0.1) is 0 Å². The van der Waals surface area contributed by atoms with Gasteiger partial charge in [-0.05, 0) is 51.4 Å². The van der Waals surface area contributed by atoms with Crippen molar-refractivity contribution < 1.29 is 18.8 Å². The molecular formula is C18H22FN3O3. The molecule has 1 N–H and O–H groups in total. The van der Waals surface area contributed by atoms with E-state index in [9.17, 15) is 14.3 Å². The van der Waals surface area contributed by atoms with Crippen molar-refractivity contribution in [3.63, 3.8) is 0 Å². The van der Waals surface area contributed by atoms with Gasteiger partial charge in [-0.2, -0.15) is 4.98 Å². The first-order valence-corrected chi connectivity index (χ1v) is 8.42. The summed E-state index contributed by atoms with van der Waals surface area (Å²) in [7, 11) is 0. The molecule has 0 radical (unpaired) electrons. The second kappa shape index (κ2) is 6.92. The maximum absolute atomic E-state index is 13.6. The van der Waals surface area contributed by atoms with Crippen LogP contribution in [0.3, 0.4) is 0 Å². The quantitative estimate of drug-likeness (QED) is 0.865. The minimum absolute atomic E-state index is 0.292. The van der Waals surface area contributed by atoms with Crippen molar-refractivity contribution in [1.29, 1.82) is 0 Å². The molecule has 1 aliphatic heterocycles. The number of rotatable bonds is 6. The molecule has 0 bridgehead atoms. The lowest BCUT2D eigenvalue weighted by Gasteiger charge is -2.19. The molecule has 134 valence electrons. The lowest BCUT2D eigenvalue weighted by molar-refractivity contribution is -0.147. The fourth-order valence-corrected chi connectivity index (χ4v) is 3.08. The van der Waals surface area contributed by atoms with Crippen LogP contribution in [-0.4, -0.2) is 45.8 Å². The molecule has 1 saturated heterocycles. The van der Waals surface area contributed by atoms with Crippen molar-refractivity contribution in [3.8, 4) is 11.4 Å². The number of aromatic nitrogens is 2. The number of carboxylic acid groups (broad SMARTS) is 1. The van der Waals surface area contributed by atoms with Crippen LogP contribution in [0.1, 0.15) is 31.2 Å². The van der Waals surface area contributed by atoms with Crippen LogP contribution >= 0.6 is 0 Å². The Morgan fingerprint density at radius 3 is 2.96 bits per heavy atom. The van der Waals surface area contributed by atoms with Gasteiger partial charge in [0.25, 0.3) is 0 Å². The Labute approximate surface area is 145 Å². The molecule has 0 spiro atoms. The molecule has 7 heteroatoms. The topological polar surface area (TPSA) is 79.5 Å². The number of likely N-dealkylation sites (tertiary alicyclic amines) is 1. The van der Waals surface area contributed by atoms with E-state index < -0.39 is 11.4 Å². The normalized spacial score (nSPS) is 20.9. The Hall–Kier alpha value is -2.28. The van der Waals surface area contributed by atoms with E-state index in [0.717, 1.165) is 19.5 Å². The van der Waals surface area contributed by atoms with E-state index in [1.165, 1.54) is 6.07 Å². The lowest BCUT2D eigenvalue weighted by Crippen LogP contribution is -2.32. The molecule has 1 unspecified atom stereocenters. The molecule has 1 fully saturated rings. The standard InChI is InChI=1S/C18H22FN3O3/c1-12-5-6-13(10-14(12)19)16-20-15(25-21-16)4-3-8-22-9-7-18(2,11-22)17(23)24/h5-6,10H,3-4,7-9,11H2,1-2H3,(H,23,24). The molecule has 1 aliphatic rings. The highest BCUT2D eigenvalue weighted by molar-refractivity contribution is 5.74. The smallest absolute Gasteiger partial charge is 0.310 e. The highest BCUT2D eigenvalue weighted by Crippen LogP contribution is 2.30. The highest BCUT2D eigenvalue weighted by Gasteiger charge is 2.39. The van der Waals surface area contributed by atoms with E-state index >= 15 is 0 Å². The zero-order chi connectivity index (χ0) is 18.0. The summed E-state index contributed by atoms with van der Waals surface area (Å²) in [6, 6.07) is 4.86. The van der Waals surface area contributed by atoms with Crippen LogP contribution in [0, 0.1) is 18.2 Å². The van der Waals surface area contributed by atoms with E-state index in [2.05, 4.69) is 15.0 Å². The number of halogens is 1. The Kier molecular flexibility index (Phi) is 4.85. The lowest BCUT2D eigenvalue weighted by atomic mass is 9.90. The summed E-state index contributed by atoms with van der Waals surface area (Å²) in [5.74, 6) is -0.133. The first kappa shape index (κ1) is 17.5. The first-order valence-electron chi connectivity index (χ1n) is 8.42. The van der Waals surface area contributed by atoms with Gasteiger partial charge in [-0.1, -0.05) is 17.3 Å². The average molecular weight is 347 g/mol. The monoisotopic (exact) mass is 347 g/mol. The third-order valence-corrected chi connectivity index (χ3v) is 4.83. The van der Waals surface area contributed by atoms with Gasteiger partial charge in [0.05, 0.1) is 5.41 Å². The van der Waals surface area contributed by atoms with Crippen LogP contribution in [0.15, 0.2) is 22.7 Å². The molecule has 2 heterocycles. The highest BCUT2D eigenvalue weighted by atomic mass is 19.1. The Morgan fingerprint density at radius 1 is 1.48 bits per heavy atom. The minimum atomic E-state index is -0.734. The number of aliphatic carboxylic acids is 1. The molecule has 3 rings (SSSR count). The molecule has 0 saturated carbocycles. The van der Waals surface area contributed by atoms with Crippen LogP contribution in [0.25, 0.3) is 11.4 Å². The maximum atomic E-state index is 13.6. The molecule has 1 aromatic heterocycles. The Bertz CT molecular complexity index is 777. The largest absolute Gasteiger partial charge is 0.481 e. The number of aryl methyl sites for hydroxylation is 2. The maximum Gasteiger partial charge on any atom is 0.310 e. The number of benzene rings is 1. The molecular weight excluding hydrogens is 325 g/mol. The molecule has 1 aromatic carbocycles. The SMILES string of the molecule is Cc1ccc(-c2noc(CCCN3CCC(C)(C(=O)O)C3)n2)cc1F. The first-order chi connectivity index (χ1) is 11.9. The average Bonchev–Trinajstić information content (AvgIpc) is 3.18. The van der Waals surface area contributed by atoms with Gasteiger partial charge in [0, 0.05) is 18.5 Å². The Balaban J connectivity index is 1.53. The summed E-state index contributed by atoms with van der Waals surface area (Å²) in [6.07, 6.45) is 2.09. The third kappa shape index (κ3) is 3.87. The van der Waals surface area contributed by atoms with Crippen LogP contribution in [0.5, 0.6) is 0 Å². The van der Waals surface area contributed by atoms with Gasteiger partial charge in [0.1, 0.15) is 5.82 Å². The summed E-state index contributed by atoms with van der Waals surface area (Å²) in [5.41, 5.74) is 0.522. The number of carboxylic acids is 1. The number of hydrogen-bond donors (Lipinski definition) is 1. The Morgan fingerprint density at radius 2 is 2.28 bits per heavy atom. The van der Waals surface area contributed by atoms with E-state index in [-0.39, 0.29) is 5.82 Å². The van der Waals surface area contributed by atoms with E-state index in [1.807, 2.05) is 0 Å². The molecule has 0 amide bonds. The molecule has 2 aromatic rings. The summed E-state index contributed by atoms with van der Waals surface area (Å²) in [6.45, 7) is 5.65. The number of carbonyl (C=O) groups is 1. The van der Waals surface area contributed by atoms with Crippen LogP contribution in [-0.2, 0) is 11.2 Å². The van der Waals surface area contributed by atoms with Crippen molar-refractivity contribution >= 4 is 5.97 Å². The van der Waals surface area contributed by atoms with Crippen molar-refractivity contribution in [1.82, 2.24) is 15.0 Å². The summed E-state index contributed by atoms with van der Waals surface area (Å²) in [4.78, 5) is 17.7. The third-order valence-electron chi connectivity index (χ3n) is 4.83. The van der Waals surface area contributed by atoms with Crippen LogP contribution < -0.4 is 0 Å². The zero-order valence-electron chi connectivity index (χ0n) is 14.5. The summed E-state index contributed by atoms with van der Waals surface area (Å²) >= 11 is 0. The summed E-state index contributed by atoms with van der Waals surface area (Å²) < 4.78 is 18.9. The molecule has 1 atom stereocenters. The second-order valence-corrected chi connectivity index (χ2v) is 6.97. The van der Waals surface area contributed by atoms with E-state index in [1.54, 1.807) is 26.0 Å². The van der Waals surface area contributed by atoms with Crippen molar-refractivity contribution in [2.45, 2.75) is 33.1 Å². The van der Waals surface area contributed by atoms with Gasteiger partial charge >= 0.3 is 5.97 Å². The van der Waals surface area contributed by atoms with E-state index in [0.29, 0.717) is 42.2 Å². The van der Waals surface area contributed by atoms with Gasteiger partial charge in [0.15, 0.2) is 0 Å². The van der Waals surface area contributed by atoms with Crippen molar-refractivity contribution in [3.05, 3.63) is 35.5 Å². The number of hydrogen-bond acceptors (Lipinski definition) is 5. The fraction of sp³-hybridized carbons (Fsp3) is 0.500. The predicted molar refractivity (Wildman–Crippen MR) is 89.5 cm³/mol. The number of nitrogens with zero attached hydrogens (tertiary/aromatic N) is 3. The molecule has 0 aliphatic carbocycles. The zero-order valence-corrected chi connectivity index (χ0v) is 14.5. The predicted octanol–water partition coefficient (Wildman–Crippen LogP) is 2.91. The van der Waals surface area contributed by atoms with Gasteiger partial charge in [-0.3, -0.25) is 4.79 Å². The van der Waals surface area contributed by atoms with Crippen LogP contribution in [0.4, 0.5) is 4.39 Å². The van der Waals surface area contributed by atoms with Gasteiger partial charge < -0.3 is 14.5 Å². The molecule has 6 nitrogen and oxygen atoms in total. The minimum Gasteiger partial charge on any atom is -0.481 e. The van der Waals surface area contributed by atoms with Gasteiger partial charge in [0.2, 0.25) is 11.7 Å². The van der Waals surface area contributed by atoms with E-state index in [4.69, 9.17) is 4.52 Å². The van der Waals surface area contributed by atoms with Crippen molar-refractivity contribution in [2.24, 2.45) is 5.41 Å². The molecule has 25 heavy (non-hydrogen) atoms. The summed E-state index contributed by atoms with van der Waals surface area (Å²) in [5, 5.41) is 13.2. The second-order valence-electron chi connectivity index (χ2n) is 6.97. The van der Waals surface area contributed by atoms with Gasteiger partial charge in [-0.25, -0.2) is 4.39 Å². The fourth-order valence-electron chi connectivity index (χ4n) is 3.08. The van der Waals surface area contributed by atoms with Crippen molar-refractivity contribution in [2.75, 3.05) is 19.6 Å².